The zero-order chi connectivity index (χ0) is 12.6. The summed E-state index contributed by atoms with van der Waals surface area (Å²) in [4.78, 5) is 0. The third-order valence-corrected chi connectivity index (χ3v) is 4.96. The van der Waals surface area contributed by atoms with Crippen LogP contribution in [-0.4, -0.2) is 13.2 Å². The second-order valence-electron chi connectivity index (χ2n) is 6.61. The number of aliphatic hydroxyl groups excluding tert-OH is 1. The first-order valence-electron chi connectivity index (χ1n) is 5.91. The lowest BCUT2D eigenvalue weighted by Crippen LogP contribution is -2.42. The first-order valence-corrected chi connectivity index (χ1v) is 9.41. The maximum atomic E-state index is 10.4. The topological polar surface area (TPSA) is 20.2 Å². The van der Waals surface area contributed by atoms with Gasteiger partial charge in [-0.3, -0.25) is 0 Å². The Morgan fingerprint density at radius 1 is 1.06 bits per heavy atom. The summed E-state index contributed by atoms with van der Waals surface area (Å²) in [5.74, 6) is 0. The Morgan fingerprint density at radius 2 is 1.56 bits per heavy atom. The molecule has 1 nitrogen and oxygen atoms in total. The Hall–Kier alpha value is -0.603. The van der Waals surface area contributed by atoms with Gasteiger partial charge in [-0.1, -0.05) is 69.9 Å². The van der Waals surface area contributed by atoms with Crippen molar-refractivity contribution in [3.05, 3.63) is 29.8 Å². The molecule has 0 fully saturated rings. The monoisotopic (exact) mass is 236 g/mol. The highest BCUT2D eigenvalue weighted by Crippen LogP contribution is 2.32. The molecule has 0 aromatic heterocycles. The van der Waals surface area contributed by atoms with Crippen LogP contribution < -0.4 is 5.19 Å². The molecule has 1 atom stereocenters. The zero-order valence-corrected chi connectivity index (χ0v) is 12.3. The van der Waals surface area contributed by atoms with E-state index in [1.807, 2.05) is 6.07 Å². The predicted octanol–water partition coefficient (Wildman–Crippen LogP) is 3.31. The first-order chi connectivity index (χ1) is 7.14. The van der Waals surface area contributed by atoms with Crippen LogP contribution in [0.2, 0.25) is 19.6 Å². The van der Waals surface area contributed by atoms with Gasteiger partial charge in [0.1, 0.15) is 0 Å². The Morgan fingerprint density at radius 3 is 2.00 bits per heavy atom. The van der Waals surface area contributed by atoms with Gasteiger partial charge in [-0.2, -0.15) is 0 Å². The molecule has 1 unspecified atom stereocenters. The van der Waals surface area contributed by atoms with Gasteiger partial charge in [0.05, 0.1) is 14.2 Å². The number of aliphatic hydroxyl groups is 1. The van der Waals surface area contributed by atoms with Crippen LogP contribution in [0.3, 0.4) is 0 Å². The number of rotatable bonds is 2. The van der Waals surface area contributed by atoms with Crippen molar-refractivity contribution in [2.75, 3.05) is 0 Å². The minimum absolute atomic E-state index is 0.101. The van der Waals surface area contributed by atoms with Gasteiger partial charge in [0.2, 0.25) is 0 Å². The second kappa shape index (κ2) is 4.34. The molecule has 1 N–H and O–H groups in total. The maximum Gasteiger partial charge on any atom is 0.0837 e. The Labute approximate surface area is 101 Å². The van der Waals surface area contributed by atoms with Crippen molar-refractivity contribution in [3.63, 3.8) is 0 Å². The molecular weight excluding hydrogens is 212 g/mol. The maximum absolute atomic E-state index is 10.4. The fourth-order valence-corrected chi connectivity index (χ4v) is 3.57. The smallest absolute Gasteiger partial charge is 0.0837 e. The molecule has 1 aromatic rings. The quantitative estimate of drug-likeness (QED) is 0.781. The summed E-state index contributed by atoms with van der Waals surface area (Å²) in [5.41, 5.74) is 1.02. The van der Waals surface area contributed by atoms with Crippen molar-refractivity contribution in [2.45, 2.75) is 46.5 Å². The molecule has 0 amide bonds. The molecule has 16 heavy (non-hydrogen) atoms. The van der Waals surface area contributed by atoms with Crippen LogP contribution in [0.1, 0.15) is 32.4 Å². The predicted molar refractivity (Wildman–Crippen MR) is 73.8 cm³/mol. The molecule has 90 valence electrons. The molecule has 0 saturated heterocycles. The minimum Gasteiger partial charge on any atom is -0.388 e. The van der Waals surface area contributed by atoms with E-state index >= 15 is 0 Å². The third kappa shape index (κ3) is 2.95. The van der Waals surface area contributed by atoms with Gasteiger partial charge in [0.15, 0.2) is 0 Å². The molecule has 0 heterocycles. The summed E-state index contributed by atoms with van der Waals surface area (Å²) in [6, 6.07) is 8.35. The van der Waals surface area contributed by atoms with Crippen molar-refractivity contribution in [1.29, 1.82) is 0 Å². The van der Waals surface area contributed by atoms with Crippen LogP contribution in [-0.2, 0) is 0 Å². The van der Waals surface area contributed by atoms with Crippen LogP contribution in [0.15, 0.2) is 24.3 Å². The van der Waals surface area contributed by atoms with E-state index in [9.17, 15) is 5.11 Å². The highest BCUT2D eigenvalue weighted by molar-refractivity contribution is 6.89. The molecule has 1 rings (SSSR count). The molecule has 0 bridgehead atoms. The molecule has 0 aliphatic carbocycles. The Balaban J connectivity index is 3.25. The largest absolute Gasteiger partial charge is 0.388 e. The van der Waals surface area contributed by atoms with E-state index in [0.717, 1.165) is 5.56 Å². The number of benzene rings is 1. The van der Waals surface area contributed by atoms with Gasteiger partial charge >= 0.3 is 0 Å². The summed E-state index contributed by atoms with van der Waals surface area (Å²) >= 11 is 0. The lowest BCUT2D eigenvalue weighted by Gasteiger charge is -2.31. The SMILES string of the molecule is CC(C)(C)C(O)c1ccccc1[Si](C)(C)C. The normalized spacial score (nSPS) is 14.9. The van der Waals surface area contributed by atoms with Crippen LogP contribution in [0.25, 0.3) is 0 Å². The van der Waals surface area contributed by atoms with E-state index in [-0.39, 0.29) is 11.5 Å². The summed E-state index contributed by atoms with van der Waals surface area (Å²) < 4.78 is 0. The van der Waals surface area contributed by atoms with Gasteiger partial charge in [-0.15, -0.1) is 0 Å². The fourth-order valence-electron chi connectivity index (χ4n) is 1.88. The summed E-state index contributed by atoms with van der Waals surface area (Å²) in [6.45, 7) is 13.2. The van der Waals surface area contributed by atoms with E-state index in [1.54, 1.807) is 0 Å². The summed E-state index contributed by atoms with van der Waals surface area (Å²) in [7, 11) is -1.38. The van der Waals surface area contributed by atoms with Crippen molar-refractivity contribution >= 4 is 13.3 Å². The average molecular weight is 236 g/mol. The first kappa shape index (κ1) is 13.5. The fraction of sp³-hybridized carbons (Fsp3) is 0.571. The number of hydrogen-bond donors (Lipinski definition) is 1. The molecule has 0 aliphatic rings. The van der Waals surface area contributed by atoms with Crippen LogP contribution in [0, 0.1) is 5.41 Å². The standard InChI is InChI=1S/C14H24OSi/c1-14(2,3)13(15)11-9-7-8-10-12(11)16(4,5)6/h7-10,13,15H,1-6H3. The van der Waals surface area contributed by atoms with Crippen molar-refractivity contribution in [2.24, 2.45) is 5.41 Å². The van der Waals surface area contributed by atoms with E-state index in [4.69, 9.17) is 0 Å². The van der Waals surface area contributed by atoms with Crippen molar-refractivity contribution < 1.29 is 5.11 Å². The lowest BCUT2D eigenvalue weighted by molar-refractivity contribution is 0.0635. The summed E-state index contributed by atoms with van der Waals surface area (Å²) in [5, 5.41) is 11.8. The molecule has 0 radical (unpaired) electrons. The van der Waals surface area contributed by atoms with Gasteiger partial charge in [0.25, 0.3) is 0 Å². The van der Waals surface area contributed by atoms with Crippen LogP contribution in [0.5, 0.6) is 0 Å². The third-order valence-electron chi connectivity index (χ3n) is 2.88. The molecule has 1 aromatic carbocycles. The average Bonchev–Trinajstić information content (AvgIpc) is 2.14. The van der Waals surface area contributed by atoms with Crippen molar-refractivity contribution in [1.82, 2.24) is 0 Å². The molecule has 0 saturated carbocycles. The van der Waals surface area contributed by atoms with Gasteiger partial charge in [-0.05, 0) is 11.0 Å². The lowest BCUT2D eigenvalue weighted by atomic mass is 9.85. The van der Waals surface area contributed by atoms with Crippen LogP contribution in [0.4, 0.5) is 0 Å². The Kier molecular flexibility index (Phi) is 3.65. The summed E-state index contributed by atoms with van der Waals surface area (Å²) in [6.07, 6.45) is -0.379. The second-order valence-corrected chi connectivity index (χ2v) is 11.6. The van der Waals surface area contributed by atoms with E-state index in [1.165, 1.54) is 5.19 Å². The van der Waals surface area contributed by atoms with E-state index in [0.29, 0.717) is 0 Å². The zero-order valence-electron chi connectivity index (χ0n) is 11.3. The van der Waals surface area contributed by atoms with Crippen LogP contribution >= 0.6 is 0 Å². The van der Waals surface area contributed by atoms with E-state index < -0.39 is 8.07 Å². The van der Waals surface area contributed by atoms with E-state index in [2.05, 4.69) is 58.6 Å². The van der Waals surface area contributed by atoms with Gasteiger partial charge < -0.3 is 5.11 Å². The van der Waals surface area contributed by atoms with Crippen molar-refractivity contribution in [3.8, 4) is 0 Å². The van der Waals surface area contributed by atoms with Gasteiger partial charge in [-0.25, -0.2) is 0 Å². The molecule has 2 heteroatoms. The van der Waals surface area contributed by atoms with Gasteiger partial charge in [0, 0.05) is 0 Å². The highest BCUT2D eigenvalue weighted by Gasteiger charge is 2.29. The molecule has 0 aliphatic heterocycles. The Bertz CT molecular complexity index is 358. The minimum atomic E-state index is -1.38. The molecule has 0 spiro atoms. The highest BCUT2D eigenvalue weighted by atomic mass is 28.3. The molecular formula is C14H24OSi. The number of hydrogen-bond acceptors (Lipinski definition) is 1.